The fraction of sp³-hybridized carbons (Fsp3) is 0.611. The zero-order chi connectivity index (χ0) is 15.5. The molecule has 2 unspecified atom stereocenters. The predicted molar refractivity (Wildman–Crippen MR) is 94.0 cm³/mol. The Labute approximate surface area is 140 Å². The lowest BCUT2D eigenvalue weighted by Gasteiger charge is -2.35. The molecule has 124 valence electrons. The molecule has 1 aromatic carbocycles. The van der Waals surface area contributed by atoms with Crippen molar-refractivity contribution < 1.29 is 4.79 Å². The molecule has 4 heteroatoms. The number of halogens is 1. The molecular weight excluding hydrogens is 296 g/mol. The summed E-state index contributed by atoms with van der Waals surface area (Å²) in [5.74, 6) is -0.126. The number of carbonyl (C=O) groups excluding carboxylic acids is 1. The second kappa shape index (κ2) is 7.98. The molecule has 2 atom stereocenters. The van der Waals surface area contributed by atoms with Crippen molar-refractivity contribution in [3.05, 3.63) is 35.9 Å². The van der Waals surface area contributed by atoms with Gasteiger partial charge >= 0.3 is 0 Å². The van der Waals surface area contributed by atoms with Crippen LogP contribution in [0.3, 0.4) is 0 Å². The van der Waals surface area contributed by atoms with E-state index >= 15 is 0 Å². The van der Waals surface area contributed by atoms with Crippen LogP contribution >= 0.6 is 12.4 Å². The van der Waals surface area contributed by atoms with Crippen LogP contribution in [0.4, 0.5) is 0 Å². The average Bonchev–Trinajstić information content (AvgIpc) is 2.48. The highest BCUT2D eigenvalue weighted by Crippen LogP contribution is 2.35. The zero-order valence-corrected chi connectivity index (χ0v) is 14.7. The summed E-state index contributed by atoms with van der Waals surface area (Å²) in [7, 11) is 0. The van der Waals surface area contributed by atoms with Gasteiger partial charge in [0.15, 0.2) is 0 Å². The minimum atomic E-state index is -0.244. The molecule has 1 saturated carbocycles. The van der Waals surface area contributed by atoms with Gasteiger partial charge in [-0.3, -0.25) is 4.79 Å². The quantitative estimate of drug-likeness (QED) is 0.884. The first kappa shape index (κ1) is 19.0. The van der Waals surface area contributed by atoms with E-state index in [1.807, 2.05) is 37.3 Å². The summed E-state index contributed by atoms with van der Waals surface area (Å²) in [6, 6.07) is 9.92. The molecule has 0 bridgehead atoms. The van der Waals surface area contributed by atoms with Gasteiger partial charge in [-0.25, -0.2) is 0 Å². The normalized spacial score (nSPS) is 20.5. The molecule has 0 heterocycles. The Balaban J connectivity index is 0.00000242. The second-order valence-corrected chi connectivity index (χ2v) is 7.17. The Morgan fingerprint density at radius 2 is 1.77 bits per heavy atom. The van der Waals surface area contributed by atoms with E-state index in [0.717, 1.165) is 18.4 Å². The minimum absolute atomic E-state index is 0. The molecule has 2 rings (SSSR count). The number of nitrogens with one attached hydrogen (secondary N) is 1. The number of nitrogens with two attached hydrogens (primary N) is 1. The van der Waals surface area contributed by atoms with E-state index in [1.165, 1.54) is 12.8 Å². The van der Waals surface area contributed by atoms with Crippen molar-refractivity contribution in [3.63, 3.8) is 0 Å². The third-order valence-electron chi connectivity index (χ3n) is 4.82. The monoisotopic (exact) mass is 324 g/mol. The molecule has 0 aromatic heterocycles. The highest BCUT2D eigenvalue weighted by atomic mass is 35.5. The van der Waals surface area contributed by atoms with Gasteiger partial charge in [-0.2, -0.15) is 0 Å². The maximum absolute atomic E-state index is 12.4. The number of rotatable bonds is 4. The molecule has 1 aliphatic carbocycles. The van der Waals surface area contributed by atoms with Crippen LogP contribution in [0.2, 0.25) is 0 Å². The average molecular weight is 325 g/mol. The summed E-state index contributed by atoms with van der Waals surface area (Å²) in [4.78, 5) is 12.4. The van der Waals surface area contributed by atoms with Crippen LogP contribution in [0.15, 0.2) is 30.3 Å². The van der Waals surface area contributed by atoms with Crippen molar-refractivity contribution >= 4 is 18.3 Å². The first-order valence-electron chi connectivity index (χ1n) is 8.00. The third-order valence-corrected chi connectivity index (χ3v) is 4.82. The SMILES string of the molecule is CC(C(=O)NC1CCC(C)(C)CC1)C(N)c1ccccc1.Cl. The highest BCUT2D eigenvalue weighted by Gasteiger charge is 2.29. The van der Waals surface area contributed by atoms with Crippen LogP contribution in [0.5, 0.6) is 0 Å². The van der Waals surface area contributed by atoms with Crippen LogP contribution < -0.4 is 11.1 Å². The van der Waals surface area contributed by atoms with E-state index < -0.39 is 0 Å². The summed E-state index contributed by atoms with van der Waals surface area (Å²) in [5.41, 5.74) is 7.67. The molecule has 1 aromatic rings. The molecule has 0 radical (unpaired) electrons. The Hall–Kier alpha value is -1.06. The fourth-order valence-corrected chi connectivity index (χ4v) is 3.00. The summed E-state index contributed by atoms with van der Waals surface area (Å²) in [6.45, 7) is 6.53. The molecule has 1 fully saturated rings. The van der Waals surface area contributed by atoms with Gasteiger partial charge in [0.05, 0.1) is 5.92 Å². The van der Waals surface area contributed by atoms with Gasteiger partial charge in [-0.1, -0.05) is 51.1 Å². The summed E-state index contributed by atoms with van der Waals surface area (Å²) in [6.07, 6.45) is 4.51. The predicted octanol–water partition coefficient (Wildman–Crippen LogP) is 3.83. The van der Waals surface area contributed by atoms with Gasteiger partial charge in [-0.05, 0) is 36.7 Å². The van der Waals surface area contributed by atoms with Crippen molar-refractivity contribution in [3.8, 4) is 0 Å². The van der Waals surface area contributed by atoms with Crippen LogP contribution in [0.1, 0.15) is 58.1 Å². The Kier molecular flexibility index (Phi) is 6.89. The van der Waals surface area contributed by atoms with E-state index in [4.69, 9.17) is 5.73 Å². The number of amides is 1. The van der Waals surface area contributed by atoms with Crippen LogP contribution in [-0.4, -0.2) is 11.9 Å². The van der Waals surface area contributed by atoms with Crippen molar-refractivity contribution in [2.75, 3.05) is 0 Å². The first-order chi connectivity index (χ1) is 9.89. The largest absolute Gasteiger partial charge is 0.353 e. The Bertz CT molecular complexity index is 465. The van der Waals surface area contributed by atoms with Crippen molar-refractivity contribution in [1.29, 1.82) is 0 Å². The van der Waals surface area contributed by atoms with E-state index in [2.05, 4.69) is 19.2 Å². The third kappa shape index (κ3) is 4.99. The number of hydrogen-bond acceptors (Lipinski definition) is 2. The summed E-state index contributed by atoms with van der Waals surface area (Å²) < 4.78 is 0. The lowest BCUT2D eigenvalue weighted by Crippen LogP contribution is -2.43. The van der Waals surface area contributed by atoms with Crippen LogP contribution in [0.25, 0.3) is 0 Å². The Morgan fingerprint density at radius 3 is 2.32 bits per heavy atom. The number of benzene rings is 1. The van der Waals surface area contributed by atoms with Gasteiger partial charge in [0, 0.05) is 12.1 Å². The Morgan fingerprint density at radius 1 is 1.23 bits per heavy atom. The van der Waals surface area contributed by atoms with Gasteiger partial charge in [0.1, 0.15) is 0 Å². The van der Waals surface area contributed by atoms with E-state index in [9.17, 15) is 4.79 Å². The van der Waals surface area contributed by atoms with Crippen LogP contribution in [-0.2, 0) is 4.79 Å². The smallest absolute Gasteiger partial charge is 0.224 e. The molecular formula is C18H29ClN2O. The summed E-state index contributed by atoms with van der Waals surface area (Å²) in [5, 5.41) is 3.19. The highest BCUT2D eigenvalue weighted by molar-refractivity contribution is 5.85. The fourth-order valence-electron chi connectivity index (χ4n) is 3.00. The lowest BCUT2D eigenvalue weighted by molar-refractivity contribution is -0.126. The lowest BCUT2D eigenvalue weighted by atomic mass is 9.75. The van der Waals surface area contributed by atoms with Crippen molar-refractivity contribution in [2.45, 2.75) is 58.5 Å². The van der Waals surface area contributed by atoms with Gasteiger partial charge < -0.3 is 11.1 Å². The van der Waals surface area contributed by atoms with E-state index in [0.29, 0.717) is 11.5 Å². The minimum Gasteiger partial charge on any atom is -0.353 e. The maximum Gasteiger partial charge on any atom is 0.224 e. The van der Waals surface area contributed by atoms with E-state index in [-0.39, 0.29) is 30.3 Å². The zero-order valence-electron chi connectivity index (χ0n) is 13.8. The number of hydrogen-bond donors (Lipinski definition) is 2. The molecule has 3 N–H and O–H groups in total. The van der Waals surface area contributed by atoms with Gasteiger partial charge in [-0.15, -0.1) is 12.4 Å². The standard InChI is InChI=1S/C18H28N2O.ClH/c1-13(16(19)14-7-5-4-6-8-14)17(21)20-15-9-11-18(2,3)12-10-15;/h4-8,13,15-16H,9-12,19H2,1-3H3,(H,20,21);1H. The second-order valence-electron chi connectivity index (χ2n) is 7.17. The van der Waals surface area contributed by atoms with Crippen molar-refractivity contribution in [1.82, 2.24) is 5.32 Å². The topological polar surface area (TPSA) is 55.1 Å². The maximum atomic E-state index is 12.4. The molecule has 1 amide bonds. The molecule has 3 nitrogen and oxygen atoms in total. The van der Waals surface area contributed by atoms with Crippen LogP contribution in [0, 0.1) is 11.3 Å². The van der Waals surface area contributed by atoms with Gasteiger partial charge in [0.2, 0.25) is 5.91 Å². The molecule has 0 saturated heterocycles. The molecule has 0 aliphatic heterocycles. The van der Waals surface area contributed by atoms with Crippen molar-refractivity contribution in [2.24, 2.45) is 17.1 Å². The number of carbonyl (C=O) groups is 1. The molecule has 22 heavy (non-hydrogen) atoms. The molecule has 1 aliphatic rings. The summed E-state index contributed by atoms with van der Waals surface area (Å²) >= 11 is 0. The molecule has 0 spiro atoms. The van der Waals surface area contributed by atoms with Gasteiger partial charge in [0.25, 0.3) is 0 Å². The first-order valence-corrected chi connectivity index (χ1v) is 8.00. The van der Waals surface area contributed by atoms with E-state index in [1.54, 1.807) is 0 Å².